The standard InChI is InChI=1S/C14H27NO2/c1-2-8-15-14-5-3-4-12(14)6-10-17-13-7-9-16-11-13/h12-15H,2-11H2,1H3. The van der Waals surface area contributed by atoms with Crippen molar-refractivity contribution in [1.29, 1.82) is 0 Å². The molecule has 0 radical (unpaired) electrons. The maximum atomic E-state index is 5.86. The van der Waals surface area contributed by atoms with Gasteiger partial charge in [0.05, 0.1) is 12.7 Å². The fourth-order valence-electron chi connectivity index (χ4n) is 3.01. The summed E-state index contributed by atoms with van der Waals surface area (Å²) in [4.78, 5) is 0. The minimum atomic E-state index is 0.374. The van der Waals surface area contributed by atoms with E-state index in [1.165, 1.54) is 38.6 Å². The highest BCUT2D eigenvalue weighted by molar-refractivity contribution is 4.83. The minimum absolute atomic E-state index is 0.374. The minimum Gasteiger partial charge on any atom is -0.379 e. The molecule has 0 aromatic carbocycles. The van der Waals surface area contributed by atoms with Crippen LogP contribution in [0.5, 0.6) is 0 Å². The van der Waals surface area contributed by atoms with E-state index in [0.29, 0.717) is 6.10 Å². The van der Waals surface area contributed by atoms with Gasteiger partial charge in [0.2, 0.25) is 0 Å². The van der Waals surface area contributed by atoms with E-state index >= 15 is 0 Å². The molecule has 100 valence electrons. The van der Waals surface area contributed by atoms with E-state index in [1.807, 2.05) is 0 Å². The monoisotopic (exact) mass is 241 g/mol. The Morgan fingerprint density at radius 2 is 2.24 bits per heavy atom. The Morgan fingerprint density at radius 3 is 3.00 bits per heavy atom. The van der Waals surface area contributed by atoms with E-state index in [0.717, 1.165) is 38.2 Å². The molecule has 3 nitrogen and oxygen atoms in total. The zero-order chi connectivity index (χ0) is 11.9. The summed E-state index contributed by atoms with van der Waals surface area (Å²) in [5.41, 5.74) is 0. The number of rotatable bonds is 7. The van der Waals surface area contributed by atoms with E-state index in [-0.39, 0.29) is 0 Å². The predicted molar refractivity (Wildman–Crippen MR) is 69.2 cm³/mol. The summed E-state index contributed by atoms with van der Waals surface area (Å²) in [6.45, 7) is 6.01. The Hall–Kier alpha value is -0.120. The molecule has 3 heteroatoms. The van der Waals surface area contributed by atoms with Crippen molar-refractivity contribution < 1.29 is 9.47 Å². The Balaban J connectivity index is 1.59. The molecule has 1 aliphatic carbocycles. The maximum absolute atomic E-state index is 5.86. The molecule has 1 heterocycles. The van der Waals surface area contributed by atoms with Gasteiger partial charge in [-0.25, -0.2) is 0 Å². The van der Waals surface area contributed by atoms with Gasteiger partial charge in [0.25, 0.3) is 0 Å². The second-order valence-corrected chi connectivity index (χ2v) is 5.40. The van der Waals surface area contributed by atoms with E-state index in [1.54, 1.807) is 0 Å². The Labute approximate surface area is 105 Å². The normalized spacial score (nSPS) is 33.4. The molecule has 3 atom stereocenters. The molecule has 17 heavy (non-hydrogen) atoms. The third kappa shape index (κ3) is 4.23. The van der Waals surface area contributed by atoms with Crippen LogP contribution in [0.3, 0.4) is 0 Å². The zero-order valence-corrected chi connectivity index (χ0v) is 11.1. The fourth-order valence-corrected chi connectivity index (χ4v) is 3.01. The van der Waals surface area contributed by atoms with Crippen LogP contribution in [-0.2, 0) is 9.47 Å². The number of hydrogen-bond acceptors (Lipinski definition) is 3. The lowest BCUT2D eigenvalue weighted by molar-refractivity contribution is 0.0342. The van der Waals surface area contributed by atoms with Gasteiger partial charge in [-0.1, -0.05) is 13.3 Å². The highest BCUT2D eigenvalue weighted by Crippen LogP contribution is 2.28. The molecule has 2 fully saturated rings. The summed E-state index contributed by atoms with van der Waals surface area (Å²) < 4.78 is 11.2. The van der Waals surface area contributed by atoms with E-state index in [2.05, 4.69) is 12.2 Å². The topological polar surface area (TPSA) is 30.5 Å². The molecule has 0 spiro atoms. The van der Waals surface area contributed by atoms with Crippen molar-refractivity contribution >= 4 is 0 Å². The van der Waals surface area contributed by atoms with Crippen LogP contribution in [0, 0.1) is 5.92 Å². The van der Waals surface area contributed by atoms with E-state index < -0.39 is 0 Å². The Bertz CT molecular complexity index is 204. The second kappa shape index (κ2) is 7.34. The van der Waals surface area contributed by atoms with Crippen LogP contribution in [0.2, 0.25) is 0 Å². The molecule has 1 saturated carbocycles. The second-order valence-electron chi connectivity index (χ2n) is 5.40. The smallest absolute Gasteiger partial charge is 0.0830 e. The average Bonchev–Trinajstić information content (AvgIpc) is 2.98. The lowest BCUT2D eigenvalue weighted by Gasteiger charge is -2.21. The van der Waals surface area contributed by atoms with Crippen LogP contribution < -0.4 is 5.32 Å². The van der Waals surface area contributed by atoms with Crippen LogP contribution in [0.25, 0.3) is 0 Å². The summed E-state index contributed by atoms with van der Waals surface area (Å²) in [7, 11) is 0. The Morgan fingerprint density at radius 1 is 1.29 bits per heavy atom. The van der Waals surface area contributed by atoms with Gasteiger partial charge in [0, 0.05) is 19.3 Å². The van der Waals surface area contributed by atoms with E-state index in [9.17, 15) is 0 Å². The lowest BCUT2D eigenvalue weighted by atomic mass is 10.00. The van der Waals surface area contributed by atoms with Gasteiger partial charge in [-0.05, 0) is 44.6 Å². The van der Waals surface area contributed by atoms with Gasteiger partial charge in [0.15, 0.2) is 0 Å². The molecule has 3 unspecified atom stereocenters. The van der Waals surface area contributed by atoms with Gasteiger partial charge in [-0.2, -0.15) is 0 Å². The van der Waals surface area contributed by atoms with Crippen LogP contribution in [0.15, 0.2) is 0 Å². The number of nitrogens with one attached hydrogen (secondary N) is 1. The quantitative estimate of drug-likeness (QED) is 0.742. The Kier molecular flexibility index (Phi) is 5.75. The number of ether oxygens (including phenoxy) is 2. The first kappa shape index (κ1) is 13.3. The van der Waals surface area contributed by atoms with Gasteiger partial charge in [0.1, 0.15) is 0 Å². The summed E-state index contributed by atoms with van der Waals surface area (Å²) >= 11 is 0. The third-order valence-electron chi connectivity index (χ3n) is 4.05. The average molecular weight is 241 g/mol. The SMILES string of the molecule is CCCNC1CCCC1CCOC1CCOC1. The molecule has 0 amide bonds. The highest BCUT2D eigenvalue weighted by atomic mass is 16.5. The van der Waals surface area contributed by atoms with Gasteiger partial charge in [-0.3, -0.25) is 0 Å². The molecule has 2 rings (SSSR count). The molecule has 0 aromatic heterocycles. The highest BCUT2D eigenvalue weighted by Gasteiger charge is 2.26. The number of hydrogen-bond donors (Lipinski definition) is 1. The van der Waals surface area contributed by atoms with Gasteiger partial charge < -0.3 is 14.8 Å². The molecule has 1 aliphatic heterocycles. The molecule has 0 aromatic rings. The first-order valence-corrected chi connectivity index (χ1v) is 7.33. The summed E-state index contributed by atoms with van der Waals surface area (Å²) in [5.74, 6) is 0.837. The van der Waals surface area contributed by atoms with Crippen molar-refractivity contribution in [3.8, 4) is 0 Å². The van der Waals surface area contributed by atoms with E-state index in [4.69, 9.17) is 9.47 Å². The molecular formula is C14H27NO2. The zero-order valence-electron chi connectivity index (χ0n) is 11.1. The first-order valence-electron chi connectivity index (χ1n) is 7.33. The van der Waals surface area contributed by atoms with Gasteiger partial charge >= 0.3 is 0 Å². The summed E-state index contributed by atoms with van der Waals surface area (Å²) in [5, 5.41) is 3.68. The summed E-state index contributed by atoms with van der Waals surface area (Å²) in [6.07, 6.45) is 8.04. The molecular weight excluding hydrogens is 214 g/mol. The maximum Gasteiger partial charge on any atom is 0.0830 e. The predicted octanol–water partition coefficient (Wildman–Crippen LogP) is 2.35. The van der Waals surface area contributed by atoms with Crippen molar-refractivity contribution in [3.63, 3.8) is 0 Å². The van der Waals surface area contributed by atoms with Crippen LogP contribution in [0.1, 0.15) is 45.4 Å². The molecule has 0 bridgehead atoms. The van der Waals surface area contributed by atoms with Crippen molar-refractivity contribution in [2.45, 2.75) is 57.6 Å². The van der Waals surface area contributed by atoms with Crippen molar-refractivity contribution in [3.05, 3.63) is 0 Å². The molecule has 2 aliphatic rings. The largest absolute Gasteiger partial charge is 0.379 e. The lowest BCUT2D eigenvalue weighted by Crippen LogP contribution is -2.33. The van der Waals surface area contributed by atoms with Crippen molar-refractivity contribution in [1.82, 2.24) is 5.32 Å². The molecule has 1 N–H and O–H groups in total. The van der Waals surface area contributed by atoms with Crippen LogP contribution in [0.4, 0.5) is 0 Å². The first-order chi connectivity index (χ1) is 8.40. The van der Waals surface area contributed by atoms with Crippen LogP contribution in [-0.4, -0.2) is 38.5 Å². The molecule has 1 saturated heterocycles. The van der Waals surface area contributed by atoms with Crippen molar-refractivity contribution in [2.24, 2.45) is 5.92 Å². The third-order valence-corrected chi connectivity index (χ3v) is 4.05. The summed E-state index contributed by atoms with van der Waals surface area (Å²) in [6, 6.07) is 0.748. The van der Waals surface area contributed by atoms with Gasteiger partial charge in [-0.15, -0.1) is 0 Å². The fraction of sp³-hybridized carbons (Fsp3) is 1.00. The van der Waals surface area contributed by atoms with Crippen molar-refractivity contribution in [2.75, 3.05) is 26.4 Å². The van der Waals surface area contributed by atoms with Crippen LogP contribution >= 0.6 is 0 Å².